The van der Waals surface area contributed by atoms with Crippen molar-refractivity contribution < 1.29 is 0 Å². The molecule has 2 rings (SSSR count). The molecule has 0 aliphatic carbocycles. The number of thioether (sulfide) groups is 1. The third-order valence-corrected chi connectivity index (χ3v) is 2.24. The van der Waals surface area contributed by atoms with Crippen LogP contribution < -0.4 is 5.32 Å². The van der Waals surface area contributed by atoms with Crippen molar-refractivity contribution in [3.8, 4) is 0 Å². The number of H-pyrrole nitrogens is 1. The van der Waals surface area contributed by atoms with Gasteiger partial charge in [0.05, 0.1) is 6.33 Å². The van der Waals surface area contributed by atoms with Crippen LogP contribution in [0.3, 0.4) is 0 Å². The van der Waals surface area contributed by atoms with E-state index >= 15 is 0 Å². The van der Waals surface area contributed by atoms with Gasteiger partial charge in [0.15, 0.2) is 0 Å². The van der Waals surface area contributed by atoms with Crippen LogP contribution in [0.15, 0.2) is 11.4 Å². The third-order valence-electron chi connectivity index (χ3n) is 1.25. The molecular weight excluding hydrogens is 134 g/mol. The molecule has 0 atom stereocenters. The number of aromatic amines is 1. The maximum Gasteiger partial charge on any atom is 0.138 e. The Morgan fingerprint density at radius 1 is 1.67 bits per heavy atom. The number of nitrogens with zero attached hydrogens (tertiary/aromatic N) is 1. The Morgan fingerprint density at radius 2 is 2.67 bits per heavy atom. The first-order valence-corrected chi connectivity index (χ1v) is 3.85. The highest BCUT2D eigenvalue weighted by molar-refractivity contribution is 7.99. The van der Waals surface area contributed by atoms with Gasteiger partial charge in [-0.15, -0.1) is 11.8 Å². The number of aromatic nitrogens is 2. The standard InChI is InChI=1S/C5H7N3S/c1-2-9-5-4(6-1)7-3-8-5/h3,6H,1-2H2,(H,7,8). The van der Waals surface area contributed by atoms with E-state index in [2.05, 4.69) is 15.3 Å². The van der Waals surface area contributed by atoms with E-state index in [1.807, 2.05) is 0 Å². The average molecular weight is 141 g/mol. The Kier molecular flexibility index (Phi) is 1.12. The molecule has 0 saturated heterocycles. The number of imidazole rings is 1. The molecule has 48 valence electrons. The van der Waals surface area contributed by atoms with Crippen molar-refractivity contribution in [1.29, 1.82) is 0 Å². The third kappa shape index (κ3) is 0.790. The highest BCUT2D eigenvalue weighted by atomic mass is 32.2. The Balaban J connectivity index is 2.39. The van der Waals surface area contributed by atoms with Gasteiger partial charge in [-0.3, -0.25) is 0 Å². The van der Waals surface area contributed by atoms with Crippen molar-refractivity contribution in [3.05, 3.63) is 6.33 Å². The molecule has 1 aliphatic heterocycles. The fourth-order valence-electron chi connectivity index (χ4n) is 0.842. The van der Waals surface area contributed by atoms with Gasteiger partial charge in [0.2, 0.25) is 0 Å². The van der Waals surface area contributed by atoms with Crippen LogP contribution in [0.4, 0.5) is 5.82 Å². The second kappa shape index (κ2) is 1.95. The van der Waals surface area contributed by atoms with Crippen LogP contribution in [-0.4, -0.2) is 22.3 Å². The van der Waals surface area contributed by atoms with Crippen molar-refractivity contribution in [2.24, 2.45) is 0 Å². The second-order valence-electron chi connectivity index (χ2n) is 1.86. The van der Waals surface area contributed by atoms with Crippen molar-refractivity contribution in [2.45, 2.75) is 5.03 Å². The highest BCUT2D eigenvalue weighted by Crippen LogP contribution is 2.25. The number of hydrogen-bond acceptors (Lipinski definition) is 3. The molecule has 0 spiro atoms. The monoisotopic (exact) mass is 141 g/mol. The maximum absolute atomic E-state index is 4.10. The van der Waals surface area contributed by atoms with Crippen molar-refractivity contribution in [2.75, 3.05) is 17.6 Å². The van der Waals surface area contributed by atoms with Crippen LogP contribution in [0.1, 0.15) is 0 Å². The fraction of sp³-hybridized carbons (Fsp3) is 0.400. The summed E-state index contributed by atoms with van der Waals surface area (Å²) < 4.78 is 0. The zero-order valence-corrected chi connectivity index (χ0v) is 5.66. The summed E-state index contributed by atoms with van der Waals surface area (Å²) in [7, 11) is 0. The van der Waals surface area contributed by atoms with Crippen molar-refractivity contribution in [3.63, 3.8) is 0 Å². The lowest BCUT2D eigenvalue weighted by atomic mass is 10.6. The Hall–Kier alpha value is -0.640. The molecule has 4 heteroatoms. The lowest BCUT2D eigenvalue weighted by molar-refractivity contribution is 1.11. The average Bonchev–Trinajstić information content (AvgIpc) is 2.33. The van der Waals surface area contributed by atoms with Gasteiger partial charge in [0.25, 0.3) is 0 Å². The molecule has 1 aliphatic rings. The molecule has 0 radical (unpaired) electrons. The van der Waals surface area contributed by atoms with Crippen LogP contribution in [0.25, 0.3) is 0 Å². The number of hydrogen-bond donors (Lipinski definition) is 2. The molecule has 0 amide bonds. The molecule has 0 unspecified atom stereocenters. The topological polar surface area (TPSA) is 40.7 Å². The SMILES string of the molecule is c1nc2c([nH]1)NCCS2. The van der Waals surface area contributed by atoms with E-state index in [0.717, 1.165) is 23.1 Å². The summed E-state index contributed by atoms with van der Waals surface area (Å²) in [6.07, 6.45) is 1.72. The van der Waals surface area contributed by atoms with Crippen LogP contribution in [0, 0.1) is 0 Å². The molecule has 0 aromatic carbocycles. The summed E-state index contributed by atoms with van der Waals surface area (Å²) in [6.45, 7) is 1.04. The van der Waals surface area contributed by atoms with E-state index in [4.69, 9.17) is 0 Å². The molecule has 2 heterocycles. The van der Waals surface area contributed by atoms with Crippen LogP contribution in [-0.2, 0) is 0 Å². The van der Waals surface area contributed by atoms with Gasteiger partial charge in [-0.25, -0.2) is 4.98 Å². The van der Waals surface area contributed by atoms with Crippen LogP contribution >= 0.6 is 11.8 Å². The van der Waals surface area contributed by atoms with Crippen molar-refractivity contribution >= 4 is 17.6 Å². The first kappa shape index (κ1) is 5.17. The first-order valence-electron chi connectivity index (χ1n) is 2.87. The number of anilines is 1. The van der Waals surface area contributed by atoms with Gasteiger partial charge < -0.3 is 10.3 Å². The predicted molar refractivity (Wildman–Crippen MR) is 37.8 cm³/mol. The molecule has 0 bridgehead atoms. The Morgan fingerprint density at radius 3 is 3.56 bits per heavy atom. The van der Waals surface area contributed by atoms with E-state index in [1.54, 1.807) is 18.1 Å². The molecule has 1 aromatic heterocycles. The van der Waals surface area contributed by atoms with Gasteiger partial charge in [-0.1, -0.05) is 0 Å². The lowest BCUT2D eigenvalue weighted by Gasteiger charge is -2.10. The molecule has 0 fully saturated rings. The molecule has 0 saturated carbocycles. The molecule has 9 heavy (non-hydrogen) atoms. The zero-order chi connectivity index (χ0) is 6.10. The van der Waals surface area contributed by atoms with Crippen LogP contribution in [0.5, 0.6) is 0 Å². The first-order chi connectivity index (χ1) is 4.47. The van der Waals surface area contributed by atoms with Gasteiger partial charge in [-0.05, 0) is 0 Å². The smallest absolute Gasteiger partial charge is 0.138 e. The summed E-state index contributed by atoms with van der Waals surface area (Å²) in [4.78, 5) is 7.12. The minimum atomic E-state index is 1.04. The summed E-state index contributed by atoms with van der Waals surface area (Å²) in [6, 6.07) is 0. The van der Waals surface area contributed by atoms with Crippen molar-refractivity contribution in [1.82, 2.24) is 9.97 Å². The quantitative estimate of drug-likeness (QED) is 0.564. The van der Waals surface area contributed by atoms with E-state index in [1.165, 1.54) is 0 Å². The molecule has 1 aromatic rings. The van der Waals surface area contributed by atoms with Crippen LogP contribution in [0.2, 0.25) is 0 Å². The zero-order valence-electron chi connectivity index (χ0n) is 4.85. The number of rotatable bonds is 0. The van der Waals surface area contributed by atoms with E-state index in [-0.39, 0.29) is 0 Å². The van der Waals surface area contributed by atoms with E-state index < -0.39 is 0 Å². The normalized spacial score (nSPS) is 16.4. The fourth-order valence-corrected chi connectivity index (χ4v) is 1.64. The lowest BCUT2D eigenvalue weighted by Crippen LogP contribution is -2.09. The summed E-state index contributed by atoms with van der Waals surface area (Å²) in [5.74, 6) is 2.20. The summed E-state index contributed by atoms with van der Waals surface area (Å²) in [5.41, 5.74) is 0. The largest absolute Gasteiger partial charge is 0.369 e. The minimum absolute atomic E-state index is 1.04. The highest BCUT2D eigenvalue weighted by Gasteiger charge is 2.09. The Bertz CT molecular complexity index is 187. The van der Waals surface area contributed by atoms with E-state index in [9.17, 15) is 0 Å². The Labute approximate surface area is 57.3 Å². The van der Waals surface area contributed by atoms with E-state index in [0.29, 0.717) is 0 Å². The molecular formula is C5H7N3S. The van der Waals surface area contributed by atoms with Gasteiger partial charge in [0, 0.05) is 12.3 Å². The predicted octanol–water partition coefficient (Wildman–Crippen LogP) is 0.927. The van der Waals surface area contributed by atoms with Gasteiger partial charge in [-0.2, -0.15) is 0 Å². The number of fused-ring (bicyclic) bond motifs is 1. The number of nitrogens with one attached hydrogen (secondary N) is 2. The van der Waals surface area contributed by atoms with Gasteiger partial charge >= 0.3 is 0 Å². The molecule has 3 nitrogen and oxygen atoms in total. The minimum Gasteiger partial charge on any atom is -0.369 e. The van der Waals surface area contributed by atoms with Gasteiger partial charge in [0.1, 0.15) is 10.8 Å². The second-order valence-corrected chi connectivity index (χ2v) is 2.94. The molecule has 2 N–H and O–H groups in total. The summed E-state index contributed by atoms with van der Waals surface area (Å²) in [5, 5.41) is 4.30. The maximum atomic E-state index is 4.10. The summed E-state index contributed by atoms with van der Waals surface area (Å²) >= 11 is 1.79.